The molecule has 1 amide bonds. The van der Waals surface area contributed by atoms with Crippen LogP contribution in [0.2, 0.25) is 0 Å². The lowest BCUT2D eigenvalue weighted by Gasteiger charge is -2.23. The van der Waals surface area contributed by atoms with Crippen molar-refractivity contribution >= 4 is 17.2 Å². The van der Waals surface area contributed by atoms with Gasteiger partial charge in [0, 0.05) is 10.9 Å². The lowest BCUT2D eigenvalue weighted by Crippen LogP contribution is -2.44. The lowest BCUT2D eigenvalue weighted by atomic mass is 9.95. The Balaban J connectivity index is 1.76. The number of hydrogen-bond donors (Lipinski definition) is 2. The molecular weight excluding hydrogens is 328 g/mol. The third kappa shape index (κ3) is 4.71. The van der Waals surface area contributed by atoms with Crippen molar-refractivity contribution in [3.8, 4) is 0 Å². The summed E-state index contributed by atoms with van der Waals surface area (Å²) >= 11 is 1.73. The van der Waals surface area contributed by atoms with Crippen molar-refractivity contribution in [3.05, 3.63) is 57.8 Å². The van der Waals surface area contributed by atoms with E-state index in [0.717, 1.165) is 19.3 Å². The van der Waals surface area contributed by atoms with Crippen molar-refractivity contribution in [3.63, 3.8) is 0 Å². The molecule has 0 aliphatic heterocycles. The van der Waals surface area contributed by atoms with Crippen LogP contribution in [0.4, 0.5) is 0 Å². The summed E-state index contributed by atoms with van der Waals surface area (Å²) in [6.07, 6.45) is 3.37. The highest BCUT2D eigenvalue weighted by atomic mass is 32.1. The summed E-state index contributed by atoms with van der Waals surface area (Å²) in [6.45, 7) is 6.43. The minimum atomic E-state index is -0.220. The van der Waals surface area contributed by atoms with Gasteiger partial charge in [-0.2, -0.15) is 0 Å². The third-order valence-electron chi connectivity index (χ3n) is 5.01. The summed E-state index contributed by atoms with van der Waals surface area (Å²) in [5.41, 5.74) is 2.58. The number of amides is 1. The molecule has 2 aromatic rings. The number of thiophene rings is 1. The Morgan fingerprint density at radius 1 is 1.16 bits per heavy atom. The minimum Gasteiger partial charge on any atom is -0.352 e. The summed E-state index contributed by atoms with van der Waals surface area (Å²) in [7, 11) is 0. The van der Waals surface area contributed by atoms with Gasteiger partial charge in [-0.15, -0.1) is 11.3 Å². The van der Waals surface area contributed by atoms with E-state index in [0.29, 0.717) is 12.0 Å². The molecule has 1 heterocycles. The Hall–Kier alpha value is -1.65. The Labute approximate surface area is 154 Å². The second-order valence-corrected chi connectivity index (χ2v) is 8.07. The van der Waals surface area contributed by atoms with E-state index < -0.39 is 0 Å². The smallest absolute Gasteiger partial charge is 0.237 e. The summed E-state index contributed by atoms with van der Waals surface area (Å²) in [5, 5.41) is 8.71. The zero-order valence-electron chi connectivity index (χ0n) is 15.3. The van der Waals surface area contributed by atoms with Crippen LogP contribution in [0.25, 0.3) is 0 Å². The van der Waals surface area contributed by atoms with Crippen LogP contribution < -0.4 is 10.6 Å². The van der Waals surface area contributed by atoms with E-state index in [1.807, 2.05) is 6.92 Å². The first-order chi connectivity index (χ1) is 12.1. The van der Waals surface area contributed by atoms with Crippen LogP contribution in [0, 0.1) is 0 Å². The lowest BCUT2D eigenvalue weighted by molar-refractivity contribution is -0.123. The molecule has 3 rings (SSSR count). The molecule has 0 saturated heterocycles. The number of carbonyl (C=O) groups is 1. The van der Waals surface area contributed by atoms with Gasteiger partial charge in [-0.1, -0.05) is 44.2 Å². The summed E-state index contributed by atoms with van der Waals surface area (Å²) in [6, 6.07) is 13.3. The zero-order valence-corrected chi connectivity index (χ0v) is 16.1. The number of rotatable bonds is 8. The maximum absolute atomic E-state index is 12.3. The molecule has 2 N–H and O–H groups in total. The van der Waals surface area contributed by atoms with E-state index in [4.69, 9.17) is 0 Å². The van der Waals surface area contributed by atoms with Crippen LogP contribution in [0.5, 0.6) is 0 Å². The van der Waals surface area contributed by atoms with Gasteiger partial charge in [0.05, 0.1) is 12.1 Å². The molecule has 4 heteroatoms. The summed E-state index contributed by atoms with van der Waals surface area (Å²) in [5.74, 6) is 0.672. The van der Waals surface area contributed by atoms with Gasteiger partial charge in [-0.05, 0) is 54.7 Å². The second-order valence-electron chi connectivity index (χ2n) is 7.10. The van der Waals surface area contributed by atoms with Gasteiger partial charge < -0.3 is 5.32 Å². The molecule has 0 radical (unpaired) electrons. The van der Waals surface area contributed by atoms with Crippen LogP contribution in [0.3, 0.4) is 0 Å². The van der Waals surface area contributed by atoms with E-state index >= 15 is 0 Å². The largest absolute Gasteiger partial charge is 0.352 e. The van der Waals surface area contributed by atoms with Crippen molar-refractivity contribution in [2.24, 2.45) is 0 Å². The second kappa shape index (κ2) is 8.15. The first-order valence-electron chi connectivity index (χ1n) is 9.28. The SMILES string of the molecule is CC[C@H](C)c1ccc([C@H](N[C@@H](C)C(=O)NC2CC2)c2cccs2)cc1. The van der Waals surface area contributed by atoms with Crippen LogP contribution in [0.1, 0.15) is 68.0 Å². The Kier molecular flexibility index (Phi) is 5.92. The van der Waals surface area contributed by atoms with E-state index in [-0.39, 0.29) is 18.0 Å². The average Bonchev–Trinajstić information content (AvgIpc) is 3.28. The number of carbonyl (C=O) groups excluding carboxylic acids is 1. The van der Waals surface area contributed by atoms with E-state index in [2.05, 4.69) is 66.3 Å². The molecule has 3 nitrogen and oxygen atoms in total. The minimum absolute atomic E-state index is 0.0472. The van der Waals surface area contributed by atoms with Gasteiger partial charge in [0.15, 0.2) is 0 Å². The van der Waals surface area contributed by atoms with Gasteiger partial charge in [-0.25, -0.2) is 0 Å². The molecule has 0 spiro atoms. The number of nitrogens with one attached hydrogen (secondary N) is 2. The normalized spacial score (nSPS) is 17.7. The maximum atomic E-state index is 12.3. The Morgan fingerprint density at radius 3 is 2.40 bits per heavy atom. The van der Waals surface area contributed by atoms with Gasteiger partial charge >= 0.3 is 0 Å². The molecule has 0 bridgehead atoms. The highest BCUT2D eigenvalue weighted by molar-refractivity contribution is 7.10. The zero-order chi connectivity index (χ0) is 17.8. The van der Waals surface area contributed by atoms with Gasteiger partial charge in [0.2, 0.25) is 5.91 Å². The van der Waals surface area contributed by atoms with Crippen LogP contribution in [-0.2, 0) is 4.79 Å². The van der Waals surface area contributed by atoms with Crippen LogP contribution in [-0.4, -0.2) is 18.0 Å². The van der Waals surface area contributed by atoms with E-state index in [1.165, 1.54) is 16.0 Å². The van der Waals surface area contributed by atoms with Crippen molar-refractivity contribution in [1.82, 2.24) is 10.6 Å². The van der Waals surface area contributed by atoms with E-state index in [1.54, 1.807) is 11.3 Å². The topological polar surface area (TPSA) is 41.1 Å². The Morgan fingerprint density at radius 2 is 1.84 bits per heavy atom. The molecule has 1 aliphatic carbocycles. The van der Waals surface area contributed by atoms with Crippen molar-refractivity contribution in [2.45, 2.75) is 64.1 Å². The molecule has 1 aromatic carbocycles. The first-order valence-corrected chi connectivity index (χ1v) is 10.2. The van der Waals surface area contributed by atoms with Crippen molar-refractivity contribution in [1.29, 1.82) is 0 Å². The summed E-state index contributed by atoms with van der Waals surface area (Å²) < 4.78 is 0. The molecule has 1 aromatic heterocycles. The molecule has 25 heavy (non-hydrogen) atoms. The Bertz CT molecular complexity index is 676. The standard InChI is InChI=1S/C21H28N2OS/c1-4-14(2)16-7-9-17(10-8-16)20(19-6-5-13-25-19)22-15(3)21(24)23-18-11-12-18/h5-10,13-15,18,20,22H,4,11-12H2,1-3H3,(H,23,24)/t14-,15-,20-/m0/s1. The molecular formula is C21H28N2OS. The van der Waals surface area contributed by atoms with Crippen molar-refractivity contribution in [2.75, 3.05) is 0 Å². The molecule has 0 unspecified atom stereocenters. The van der Waals surface area contributed by atoms with Crippen LogP contribution in [0.15, 0.2) is 41.8 Å². The fourth-order valence-corrected chi connectivity index (χ4v) is 3.74. The molecule has 1 saturated carbocycles. The average molecular weight is 357 g/mol. The predicted molar refractivity (Wildman–Crippen MR) is 105 cm³/mol. The molecule has 1 aliphatic rings. The summed E-state index contributed by atoms with van der Waals surface area (Å²) in [4.78, 5) is 13.6. The van der Waals surface area contributed by atoms with Gasteiger partial charge in [-0.3, -0.25) is 10.1 Å². The first kappa shape index (κ1) is 18.2. The molecule has 1 fully saturated rings. The number of benzene rings is 1. The maximum Gasteiger partial charge on any atom is 0.237 e. The molecule has 134 valence electrons. The quantitative estimate of drug-likeness (QED) is 0.725. The molecule has 3 atom stereocenters. The highest BCUT2D eigenvalue weighted by Gasteiger charge is 2.27. The highest BCUT2D eigenvalue weighted by Crippen LogP contribution is 2.28. The number of hydrogen-bond acceptors (Lipinski definition) is 3. The van der Waals surface area contributed by atoms with Gasteiger partial charge in [0.25, 0.3) is 0 Å². The monoisotopic (exact) mass is 356 g/mol. The van der Waals surface area contributed by atoms with Crippen LogP contribution >= 0.6 is 11.3 Å². The third-order valence-corrected chi connectivity index (χ3v) is 5.95. The van der Waals surface area contributed by atoms with Crippen molar-refractivity contribution < 1.29 is 4.79 Å². The fourth-order valence-electron chi connectivity index (χ4n) is 2.93. The predicted octanol–water partition coefficient (Wildman–Crippen LogP) is 4.61. The van der Waals surface area contributed by atoms with Gasteiger partial charge in [0.1, 0.15) is 0 Å². The van der Waals surface area contributed by atoms with E-state index in [9.17, 15) is 4.79 Å². The fraction of sp³-hybridized carbons (Fsp3) is 0.476.